The molecule has 0 radical (unpaired) electrons. The fraction of sp³-hybridized carbons (Fsp3) is 0.414. The highest BCUT2D eigenvalue weighted by Crippen LogP contribution is 2.21. The molecule has 5 nitrogen and oxygen atoms in total. The van der Waals surface area contributed by atoms with Gasteiger partial charge in [0.05, 0.1) is 18.3 Å². The van der Waals surface area contributed by atoms with Crippen molar-refractivity contribution in [3.8, 4) is 12.3 Å². The number of pyridine rings is 1. The summed E-state index contributed by atoms with van der Waals surface area (Å²) in [6, 6.07) is 2.49. The van der Waals surface area contributed by atoms with Gasteiger partial charge in [0.25, 0.3) is 5.92 Å². The van der Waals surface area contributed by atoms with Crippen LogP contribution in [0.4, 0.5) is 17.6 Å². The van der Waals surface area contributed by atoms with Crippen LogP contribution in [0.15, 0.2) is 42.6 Å². The van der Waals surface area contributed by atoms with Gasteiger partial charge in [0.2, 0.25) is 5.91 Å². The summed E-state index contributed by atoms with van der Waals surface area (Å²) < 4.78 is 51.4. The average molecular weight is 535 g/mol. The van der Waals surface area contributed by atoms with Gasteiger partial charge in [-0.2, -0.15) is 0 Å². The van der Waals surface area contributed by atoms with Crippen LogP contribution >= 0.6 is 0 Å². The number of likely N-dealkylation sites (N-methyl/N-ethyl adjacent to an activating group) is 1. The number of carbonyl (C=O) groups excluding carboxylic acids is 1. The molecule has 0 aromatic carbocycles. The van der Waals surface area contributed by atoms with Crippen LogP contribution in [-0.2, 0) is 11.2 Å². The average Bonchev–Trinajstić information content (AvgIpc) is 3.26. The summed E-state index contributed by atoms with van der Waals surface area (Å²) in [7, 11) is 1.67. The van der Waals surface area contributed by atoms with Gasteiger partial charge < -0.3 is 9.88 Å². The van der Waals surface area contributed by atoms with E-state index in [2.05, 4.69) is 27.3 Å². The molecule has 0 saturated carbocycles. The highest BCUT2D eigenvalue weighted by atomic mass is 19.3. The molecule has 38 heavy (non-hydrogen) atoms. The van der Waals surface area contributed by atoms with Gasteiger partial charge in [0.1, 0.15) is 11.6 Å². The van der Waals surface area contributed by atoms with Gasteiger partial charge in [-0.05, 0) is 45.9 Å². The Kier molecular flexibility index (Phi) is 16.0. The highest BCUT2D eigenvalue weighted by molar-refractivity contribution is 5.79. The molecule has 208 valence electrons. The van der Waals surface area contributed by atoms with Gasteiger partial charge in [0, 0.05) is 36.5 Å². The lowest BCUT2D eigenvalue weighted by Crippen LogP contribution is -2.35. The SMILES string of the molecule is C#CC.C/C=C(\C=C/C(C)N(C)C(=O)Cc1ccc(F)cn1)c1nc(/C=C\CC(F)(F)CF)c(C)[nH]1.CC. The number of aryl methyl sites for hydroxylation is 1. The minimum absolute atomic E-state index is 0.0555. The lowest BCUT2D eigenvalue weighted by atomic mass is 10.1. The number of aromatic amines is 1. The summed E-state index contributed by atoms with van der Waals surface area (Å²) >= 11 is 0. The van der Waals surface area contributed by atoms with Crippen molar-refractivity contribution in [3.63, 3.8) is 0 Å². The number of rotatable bonds is 10. The van der Waals surface area contributed by atoms with Crippen molar-refractivity contribution < 1.29 is 22.4 Å². The molecule has 1 N–H and O–H groups in total. The number of terminal acetylenes is 1. The van der Waals surface area contributed by atoms with Crippen molar-refractivity contribution >= 4 is 17.6 Å². The first-order valence-corrected chi connectivity index (χ1v) is 12.2. The van der Waals surface area contributed by atoms with Crippen molar-refractivity contribution in [1.82, 2.24) is 19.9 Å². The number of aromatic nitrogens is 3. The van der Waals surface area contributed by atoms with Gasteiger partial charge in [-0.15, -0.1) is 12.3 Å². The van der Waals surface area contributed by atoms with Crippen LogP contribution in [0.3, 0.4) is 0 Å². The number of hydrogen-bond donors (Lipinski definition) is 1. The first kappa shape index (κ1) is 34.3. The third-order valence-electron chi connectivity index (χ3n) is 5.07. The smallest absolute Gasteiger partial charge is 0.279 e. The van der Waals surface area contributed by atoms with E-state index < -0.39 is 24.8 Å². The standard InChI is InChI=1S/C24H28F4N4O.C3H4.C2H6/c1-5-18(23-30-17(3)21(31-23)7-6-12-24(27,28)15-25)9-8-16(2)32(4)22(33)13-20-11-10-19(26)14-29-20;1-3-2;1-2/h5-11,14,16H,12-13,15H2,1-4H3,(H,30,31);1H,2H3;1-2H3/b7-6-,9-8-,18-5+;;. The second kappa shape index (κ2) is 17.7. The molecule has 1 amide bonds. The quantitative estimate of drug-likeness (QED) is 0.203. The molecule has 9 heteroatoms. The van der Waals surface area contributed by atoms with E-state index in [0.29, 0.717) is 22.9 Å². The molecule has 0 fully saturated rings. The number of halogens is 4. The molecule has 2 aromatic heterocycles. The van der Waals surface area contributed by atoms with E-state index >= 15 is 0 Å². The first-order valence-electron chi connectivity index (χ1n) is 12.2. The molecular weight excluding hydrogens is 496 g/mol. The summed E-state index contributed by atoms with van der Waals surface area (Å²) in [6.07, 6.45) is 13.1. The van der Waals surface area contributed by atoms with Gasteiger partial charge in [-0.1, -0.05) is 38.2 Å². The van der Waals surface area contributed by atoms with Crippen LogP contribution in [0, 0.1) is 25.1 Å². The molecule has 0 spiro atoms. The fourth-order valence-electron chi connectivity index (χ4n) is 2.87. The summed E-state index contributed by atoms with van der Waals surface area (Å²) in [4.78, 5) is 25.5. The number of H-pyrrole nitrogens is 1. The number of carbonyl (C=O) groups is 1. The molecule has 0 saturated heterocycles. The molecule has 2 aromatic rings. The van der Waals surface area contributed by atoms with Crippen molar-refractivity contribution in [3.05, 3.63) is 71.4 Å². The van der Waals surface area contributed by atoms with Crippen molar-refractivity contribution in [1.29, 1.82) is 0 Å². The minimum Gasteiger partial charge on any atom is -0.342 e. The molecule has 0 bridgehead atoms. The maximum absolute atomic E-state index is 13.1. The number of alkyl halides is 3. The molecule has 2 heterocycles. The molecular formula is C29H38F4N4O. The zero-order chi connectivity index (χ0) is 29.3. The highest BCUT2D eigenvalue weighted by Gasteiger charge is 2.26. The van der Waals surface area contributed by atoms with Crippen LogP contribution < -0.4 is 0 Å². The maximum atomic E-state index is 13.1. The predicted molar refractivity (Wildman–Crippen MR) is 147 cm³/mol. The minimum atomic E-state index is -3.38. The number of nitrogens with one attached hydrogen (secondary N) is 1. The summed E-state index contributed by atoms with van der Waals surface area (Å²) in [6.45, 7) is 9.39. The number of nitrogens with zero attached hydrogens (tertiary/aromatic N) is 3. The maximum Gasteiger partial charge on any atom is 0.279 e. The van der Waals surface area contributed by atoms with Crippen LogP contribution in [0.25, 0.3) is 11.6 Å². The van der Waals surface area contributed by atoms with Crippen LogP contribution in [0.5, 0.6) is 0 Å². The molecule has 1 atom stereocenters. The zero-order valence-electron chi connectivity index (χ0n) is 23.2. The Hall–Kier alpha value is -3.67. The second-order valence-corrected chi connectivity index (χ2v) is 7.97. The molecule has 2 rings (SSSR count). The Balaban J connectivity index is 0.00000255. The zero-order valence-corrected chi connectivity index (χ0v) is 23.2. The number of imidazole rings is 1. The van der Waals surface area contributed by atoms with Crippen molar-refractivity contribution in [2.24, 2.45) is 0 Å². The largest absolute Gasteiger partial charge is 0.342 e. The lowest BCUT2D eigenvalue weighted by Gasteiger charge is -2.22. The predicted octanol–water partition coefficient (Wildman–Crippen LogP) is 6.98. The van der Waals surface area contributed by atoms with E-state index in [1.165, 1.54) is 24.3 Å². The first-order chi connectivity index (χ1) is 18.0. The van der Waals surface area contributed by atoms with Gasteiger partial charge in [0.15, 0.2) is 6.67 Å². The van der Waals surface area contributed by atoms with Gasteiger partial charge >= 0.3 is 0 Å². The van der Waals surface area contributed by atoms with Crippen molar-refractivity contribution in [2.45, 2.75) is 66.3 Å². The van der Waals surface area contributed by atoms with Gasteiger partial charge in [-0.25, -0.2) is 22.5 Å². The van der Waals surface area contributed by atoms with E-state index in [0.717, 1.165) is 11.8 Å². The fourth-order valence-corrected chi connectivity index (χ4v) is 2.87. The van der Waals surface area contributed by atoms with E-state index in [4.69, 9.17) is 0 Å². The Morgan fingerprint density at radius 2 is 1.95 bits per heavy atom. The van der Waals surface area contributed by atoms with E-state index in [1.807, 2.05) is 45.9 Å². The molecule has 0 aliphatic heterocycles. The lowest BCUT2D eigenvalue weighted by molar-refractivity contribution is -0.130. The Morgan fingerprint density at radius 3 is 2.47 bits per heavy atom. The molecule has 1 unspecified atom stereocenters. The monoisotopic (exact) mass is 534 g/mol. The molecule has 0 aliphatic rings. The van der Waals surface area contributed by atoms with Crippen LogP contribution in [0.1, 0.15) is 63.9 Å². The van der Waals surface area contributed by atoms with E-state index in [9.17, 15) is 22.4 Å². The van der Waals surface area contributed by atoms with E-state index in [-0.39, 0.29) is 18.4 Å². The third kappa shape index (κ3) is 12.0. The van der Waals surface area contributed by atoms with Gasteiger partial charge in [-0.3, -0.25) is 9.78 Å². The van der Waals surface area contributed by atoms with E-state index in [1.54, 1.807) is 25.8 Å². The van der Waals surface area contributed by atoms with Crippen molar-refractivity contribution in [2.75, 3.05) is 13.7 Å². The topological polar surface area (TPSA) is 61.9 Å². The summed E-state index contributed by atoms with van der Waals surface area (Å²) in [5, 5.41) is 0. The molecule has 0 aliphatic carbocycles. The Labute approximate surface area is 223 Å². The summed E-state index contributed by atoms with van der Waals surface area (Å²) in [5.74, 6) is -1.22. The summed E-state index contributed by atoms with van der Waals surface area (Å²) in [5.41, 5.74) is 2.40. The van der Waals surface area contributed by atoms with Crippen LogP contribution in [-0.4, -0.2) is 51.4 Å². The number of amides is 1. The Bertz CT molecular complexity index is 1110. The number of hydrogen-bond acceptors (Lipinski definition) is 3. The Morgan fingerprint density at radius 1 is 1.32 bits per heavy atom. The normalized spacial score (nSPS) is 12.3. The van der Waals surface area contributed by atoms with Crippen LogP contribution in [0.2, 0.25) is 0 Å². The second-order valence-electron chi connectivity index (χ2n) is 7.97. The number of allylic oxidation sites excluding steroid dienone is 4. The third-order valence-corrected chi connectivity index (χ3v) is 5.07.